The van der Waals surface area contributed by atoms with Gasteiger partial charge >= 0.3 is 0 Å². The molecule has 0 aliphatic heterocycles. The van der Waals surface area contributed by atoms with E-state index in [2.05, 4.69) is 43.2 Å². The average Bonchev–Trinajstić information content (AvgIpc) is 2.96. The number of hydrogen-bond acceptors (Lipinski definition) is 2. The third kappa shape index (κ3) is 4.50. The van der Waals surface area contributed by atoms with Crippen LogP contribution in [0.4, 0.5) is 0 Å². The Hall–Kier alpha value is -1.97. The number of rotatable bonds is 8. The summed E-state index contributed by atoms with van der Waals surface area (Å²) in [4.78, 5) is 15.0. The van der Waals surface area contributed by atoms with E-state index >= 15 is 0 Å². The van der Waals surface area contributed by atoms with Crippen LogP contribution < -0.4 is 10.1 Å². The van der Waals surface area contributed by atoms with E-state index in [0.29, 0.717) is 13.0 Å². The molecule has 0 fully saturated rings. The van der Waals surface area contributed by atoms with Crippen LogP contribution in [0.1, 0.15) is 58.4 Å². The highest BCUT2D eigenvalue weighted by molar-refractivity contribution is 5.85. The molecule has 2 aromatic rings. The molecular formula is C19H28N2O2. The monoisotopic (exact) mass is 316 g/mol. The summed E-state index contributed by atoms with van der Waals surface area (Å²) in [6, 6.07) is 6.15. The second-order valence-corrected chi connectivity index (χ2v) is 6.24. The zero-order chi connectivity index (χ0) is 16.8. The molecular weight excluding hydrogens is 288 g/mol. The van der Waals surface area contributed by atoms with Crippen molar-refractivity contribution in [2.24, 2.45) is 0 Å². The number of amides is 1. The van der Waals surface area contributed by atoms with Gasteiger partial charge in [0.2, 0.25) is 5.91 Å². The van der Waals surface area contributed by atoms with Gasteiger partial charge in [0.05, 0.1) is 6.10 Å². The SMILES string of the molecule is CCCC(=O)NCC(C)c1c[nH]c2ccc(OC(C)CC)cc12. The van der Waals surface area contributed by atoms with Crippen molar-refractivity contribution in [2.75, 3.05) is 6.54 Å². The largest absolute Gasteiger partial charge is 0.491 e. The van der Waals surface area contributed by atoms with Crippen LogP contribution in [0, 0.1) is 0 Å². The van der Waals surface area contributed by atoms with Crippen molar-refractivity contribution in [3.05, 3.63) is 30.0 Å². The Morgan fingerprint density at radius 2 is 2.09 bits per heavy atom. The van der Waals surface area contributed by atoms with E-state index in [0.717, 1.165) is 24.1 Å². The number of nitrogens with one attached hydrogen (secondary N) is 2. The average molecular weight is 316 g/mol. The molecule has 0 saturated heterocycles. The van der Waals surface area contributed by atoms with E-state index in [1.165, 1.54) is 10.9 Å². The first-order valence-electron chi connectivity index (χ1n) is 8.59. The van der Waals surface area contributed by atoms with Crippen LogP contribution in [0.3, 0.4) is 0 Å². The van der Waals surface area contributed by atoms with Crippen LogP contribution in [-0.4, -0.2) is 23.5 Å². The minimum atomic E-state index is 0.125. The van der Waals surface area contributed by atoms with Crippen LogP contribution in [0.15, 0.2) is 24.4 Å². The summed E-state index contributed by atoms with van der Waals surface area (Å²) in [5.41, 5.74) is 2.31. The lowest BCUT2D eigenvalue weighted by Gasteiger charge is -2.14. The molecule has 0 bridgehead atoms. The third-order valence-electron chi connectivity index (χ3n) is 4.21. The van der Waals surface area contributed by atoms with Crippen LogP contribution in [0.5, 0.6) is 5.75 Å². The standard InChI is InChI=1S/C19H28N2O2/c1-5-7-19(22)21-11-13(3)17-12-20-18-9-8-15(10-16(17)18)23-14(4)6-2/h8-10,12-14,20H,5-7,11H2,1-4H3,(H,21,22). The Morgan fingerprint density at radius 3 is 2.78 bits per heavy atom. The van der Waals surface area contributed by atoms with Gasteiger partial charge < -0.3 is 15.0 Å². The Balaban J connectivity index is 2.13. The third-order valence-corrected chi connectivity index (χ3v) is 4.21. The van der Waals surface area contributed by atoms with Crippen LogP contribution in [0.25, 0.3) is 10.9 Å². The molecule has 2 rings (SSSR count). The fourth-order valence-electron chi connectivity index (χ4n) is 2.61. The Bertz CT molecular complexity index is 648. The normalized spacial score (nSPS) is 13.7. The summed E-state index contributed by atoms with van der Waals surface area (Å²) in [7, 11) is 0. The molecule has 2 atom stereocenters. The molecule has 4 nitrogen and oxygen atoms in total. The van der Waals surface area contributed by atoms with Gasteiger partial charge in [-0.05, 0) is 43.5 Å². The Labute approximate surface area is 138 Å². The van der Waals surface area contributed by atoms with Gasteiger partial charge in [0, 0.05) is 36.0 Å². The summed E-state index contributed by atoms with van der Waals surface area (Å²) in [5.74, 6) is 1.28. The fourth-order valence-corrected chi connectivity index (χ4v) is 2.61. The van der Waals surface area contributed by atoms with Gasteiger partial charge in [0.25, 0.3) is 0 Å². The molecule has 1 aromatic carbocycles. The van der Waals surface area contributed by atoms with E-state index in [4.69, 9.17) is 4.74 Å². The number of aromatic nitrogens is 1. The zero-order valence-corrected chi connectivity index (χ0v) is 14.6. The molecule has 0 radical (unpaired) electrons. The number of carbonyl (C=O) groups is 1. The Morgan fingerprint density at radius 1 is 1.30 bits per heavy atom. The topological polar surface area (TPSA) is 54.1 Å². The minimum Gasteiger partial charge on any atom is -0.491 e. The lowest BCUT2D eigenvalue weighted by atomic mass is 10.00. The predicted molar refractivity (Wildman–Crippen MR) is 95.0 cm³/mol. The molecule has 4 heteroatoms. The van der Waals surface area contributed by atoms with E-state index in [1.54, 1.807) is 0 Å². The van der Waals surface area contributed by atoms with Gasteiger partial charge in [-0.15, -0.1) is 0 Å². The maximum absolute atomic E-state index is 11.7. The van der Waals surface area contributed by atoms with Crippen molar-refractivity contribution in [1.82, 2.24) is 10.3 Å². The van der Waals surface area contributed by atoms with Crippen molar-refractivity contribution >= 4 is 16.8 Å². The van der Waals surface area contributed by atoms with Gasteiger partial charge in [0.15, 0.2) is 0 Å². The van der Waals surface area contributed by atoms with Gasteiger partial charge in [-0.2, -0.15) is 0 Å². The molecule has 1 aromatic heterocycles. The summed E-state index contributed by atoms with van der Waals surface area (Å²) in [6.07, 6.45) is 4.70. The van der Waals surface area contributed by atoms with Gasteiger partial charge in [-0.3, -0.25) is 4.79 Å². The molecule has 1 amide bonds. The van der Waals surface area contributed by atoms with Gasteiger partial charge in [-0.25, -0.2) is 0 Å². The van der Waals surface area contributed by atoms with Crippen molar-refractivity contribution in [3.8, 4) is 5.75 Å². The maximum atomic E-state index is 11.7. The van der Waals surface area contributed by atoms with Gasteiger partial charge in [-0.1, -0.05) is 20.8 Å². The van der Waals surface area contributed by atoms with E-state index in [-0.39, 0.29) is 17.9 Å². The lowest BCUT2D eigenvalue weighted by Crippen LogP contribution is -2.26. The fraction of sp³-hybridized carbons (Fsp3) is 0.526. The van der Waals surface area contributed by atoms with Crippen LogP contribution in [-0.2, 0) is 4.79 Å². The smallest absolute Gasteiger partial charge is 0.220 e. The molecule has 1 heterocycles. The van der Waals surface area contributed by atoms with E-state index < -0.39 is 0 Å². The van der Waals surface area contributed by atoms with Gasteiger partial charge in [0.1, 0.15) is 5.75 Å². The molecule has 0 aliphatic carbocycles. The lowest BCUT2D eigenvalue weighted by molar-refractivity contribution is -0.121. The second-order valence-electron chi connectivity index (χ2n) is 6.24. The molecule has 2 unspecified atom stereocenters. The molecule has 2 N–H and O–H groups in total. The number of hydrogen-bond donors (Lipinski definition) is 2. The molecule has 126 valence electrons. The van der Waals surface area contributed by atoms with Crippen molar-refractivity contribution in [1.29, 1.82) is 0 Å². The van der Waals surface area contributed by atoms with Crippen molar-refractivity contribution in [2.45, 2.75) is 59.0 Å². The van der Waals surface area contributed by atoms with Crippen molar-refractivity contribution < 1.29 is 9.53 Å². The summed E-state index contributed by atoms with van der Waals surface area (Å²) >= 11 is 0. The minimum absolute atomic E-state index is 0.125. The number of carbonyl (C=O) groups excluding carboxylic acids is 1. The number of fused-ring (bicyclic) bond motifs is 1. The predicted octanol–water partition coefficient (Wildman–Crippen LogP) is 4.37. The highest BCUT2D eigenvalue weighted by Gasteiger charge is 2.13. The second kappa shape index (κ2) is 8.04. The highest BCUT2D eigenvalue weighted by Crippen LogP contribution is 2.29. The Kier molecular flexibility index (Phi) is 6.08. The van der Waals surface area contributed by atoms with Crippen LogP contribution in [0.2, 0.25) is 0 Å². The molecule has 0 saturated carbocycles. The summed E-state index contributed by atoms with van der Waals surface area (Å²) < 4.78 is 5.92. The van der Waals surface area contributed by atoms with E-state index in [9.17, 15) is 4.79 Å². The van der Waals surface area contributed by atoms with E-state index in [1.807, 2.05) is 19.2 Å². The zero-order valence-electron chi connectivity index (χ0n) is 14.6. The number of aromatic amines is 1. The summed E-state index contributed by atoms with van der Waals surface area (Å²) in [6.45, 7) is 9.00. The first kappa shape index (κ1) is 17.4. The van der Waals surface area contributed by atoms with Crippen LogP contribution >= 0.6 is 0 Å². The van der Waals surface area contributed by atoms with Crippen molar-refractivity contribution in [3.63, 3.8) is 0 Å². The number of H-pyrrole nitrogens is 1. The first-order valence-corrected chi connectivity index (χ1v) is 8.59. The summed E-state index contributed by atoms with van der Waals surface area (Å²) in [5, 5.41) is 4.18. The first-order chi connectivity index (χ1) is 11.0. The number of ether oxygens (including phenoxy) is 1. The quantitative estimate of drug-likeness (QED) is 0.760. The number of benzene rings is 1. The molecule has 23 heavy (non-hydrogen) atoms. The highest BCUT2D eigenvalue weighted by atomic mass is 16.5. The maximum Gasteiger partial charge on any atom is 0.220 e. The molecule has 0 spiro atoms. The molecule has 0 aliphatic rings.